The molecular formula is C22H22N4O7. The van der Waals surface area contributed by atoms with Gasteiger partial charge < -0.3 is 20.3 Å². The van der Waals surface area contributed by atoms with E-state index >= 15 is 0 Å². The number of benzene rings is 2. The van der Waals surface area contributed by atoms with Crippen molar-refractivity contribution in [3.05, 3.63) is 58.1 Å². The summed E-state index contributed by atoms with van der Waals surface area (Å²) in [6.45, 7) is 2.44. The number of amides is 3. The van der Waals surface area contributed by atoms with Crippen molar-refractivity contribution in [2.24, 2.45) is 5.92 Å². The van der Waals surface area contributed by atoms with E-state index in [0.717, 1.165) is 0 Å². The summed E-state index contributed by atoms with van der Waals surface area (Å²) in [5.74, 6) is -2.64. The van der Waals surface area contributed by atoms with Crippen molar-refractivity contribution in [3.63, 3.8) is 0 Å². The van der Waals surface area contributed by atoms with Crippen molar-refractivity contribution in [2.75, 3.05) is 28.7 Å². The van der Waals surface area contributed by atoms with E-state index in [4.69, 9.17) is 4.74 Å². The zero-order valence-electron chi connectivity index (χ0n) is 18.0. The molecule has 0 aromatic heterocycles. The predicted octanol–water partition coefficient (Wildman–Crippen LogP) is 2.40. The van der Waals surface area contributed by atoms with Crippen LogP contribution in [-0.2, 0) is 23.9 Å². The van der Waals surface area contributed by atoms with Crippen molar-refractivity contribution in [1.29, 1.82) is 0 Å². The number of esters is 1. The lowest BCUT2D eigenvalue weighted by atomic mass is 10.1. The Balaban J connectivity index is 1.53. The number of anilines is 3. The molecule has 11 heteroatoms. The third-order valence-electron chi connectivity index (χ3n) is 4.99. The maximum atomic E-state index is 12.4. The lowest BCUT2D eigenvalue weighted by molar-refractivity contribution is -0.385. The number of aryl methyl sites for hydroxylation is 1. The largest absolute Gasteiger partial charge is 0.455 e. The van der Waals surface area contributed by atoms with Crippen LogP contribution in [0.1, 0.15) is 18.9 Å². The molecule has 11 nitrogen and oxygen atoms in total. The number of hydrogen-bond acceptors (Lipinski definition) is 7. The van der Waals surface area contributed by atoms with Crippen LogP contribution in [0, 0.1) is 23.0 Å². The Hall–Kier alpha value is -4.28. The van der Waals surface area contributed by atoms with Crippen LogP contribution in [0.2, 0.25) is 0 Å². The summed E-state index contributed by atoms with van der Waals surface area (Å²) in [5, 5.41) is 16.3. The Bertz CT molecular complexity index is 1110. The zero-order valence-corrected chi connectivity index (χ0v) is 18.0. The molecule has 1 aliphatic heterocycles. The molecule has 1 saturated heterocycles. The summed E-state index contributed by atoms with van der Waals surface area (Å²) in [5.41, 5.74) is 1.69. The molecule has 1 aliphatic rings. The molecule has 0 bridgehead atoms. The second kappa shape index (κ2) is 9.90. The first-order valence-corrected chi connectivity index (χ1v) is 10.0. The van der Waals surface area contributed by atoms with Crippen LogP contribution >= 0.6 is 0 Å². The van der Waals surface area contributed by atoms with Crippen molar-refractivity contribution in [2.45, 2.75) is 20.3 Å². The molecular weight excluding hydrogens is 432 g/mol. The first-order chi connectivity index (χ1) is 15.6. The molecule has 2 N–H and O–H groups in total. The Morgan fingerprint density at radius 2 is 1.76 bits per heavy atom. The van der Waals surface area contributed by atoms with Gasteiger partial charge in [-0.05, 0) is 37.3 Å². The highest BCUT2D eigenvalue weighted by Gasteiger charge is 2.37. The Labute approximate surface area is 188 Å². The predicted molar refractivity (Wildman–Crippen MR) is 119 cm³/mol. The first kappa shape index (κ1) is 23.4. The summed E-state index contributed by atoms with van der Waals surface area (Å²) in [4.78, 5) is 59.8. The molecule has 0 aliphatic carbocycles. The fraction of sp³-hybridized carbons (Fsp3) is 0.273. The summed E-state index contributed by atoms with van der Waals surface area (Å²) in [7, 11) is 0. The number of nitrogens with zero attached hydrogens (tertiary/aromatic N) is 2. The molecule has 1 heterocycles. The minimum Gasteiger partial charge on any atom is -0.455 e. The fourth-order valence-electron chi connectivity index (χ4n) is 3.37. The average Bonchev–Trinajstić information content (AvgIpc) is 3.15. The fourth-order valence-corrected chi connectivity index (χ4v) is 3.37. The molecule has 0 spiro atoms. The summed E-state index contributed by atoms with van der Waals surface area (Å²) in [6, 6.07) is 10.8. The topological polar surface area (TPSA) is 148 Å². The highest BCUT2D eigenvalue weighted by Crippen LogP contribution is 2.30. The highest BCUT2D eigenvalue weighted by molar-refractivity contribution is 6.00. The Kier molecular flexibility index (Phi) is 7.01. The SMILES string of the molecule is CC(=O)Nc1ccc(NC(=O)COC(=O)[C@@H]2CC(=O)N(c3ccc(C)c([N+](=O)[O-])c3)C2)cc1. The van der Waals surface area contributed by atoms with Gasteiger partial charge in [-0.25, -0.2) is 0 Å². The second-order valence-electron chi connectivity index (χ2n) is 7.55. The average molecular weight is 454 g/mol. The normalized spacial score (nSPS) is 15.2. The molecule has 2 aromatic carbocycles. The van der Waals surface area contributed by atoms with E-state index in [-0.39, 0.29) is 30.5 Å². The maximum absolute atomic E-state index is 12.4. The van der Waals surface area contributed by atoms with Gasteiger partial charge in [-0.15, -0.1) is 0 Å². The van der Waals surface area contributed by atoms with Crippen LogP contribution in [0.3, 0.4) is 0 Å². The van der Waals surface area contributed by atoms with Gasteiger partial charge in [-0.2, -0.15) is 0 Å². The quantitative estimate of drug-likeness (QED) is 0.371. The summed E-state index contributed by atoms with van der Waals surface area (Å²) in [6.07, 6.45) is -0.118. The number of nitro benzene ring substituents is 1. The lowest BCUT2D eigenvalue weighted by Crippen LogP contribution is -2.28. The minimum absolute atomic E-state index is 0.00408. The molecule has 33 heavy (non-hydrogen) atoms. The molecule has 3 amide bonds. The lowest BCUT2D eigenvalue weighted by Gasteiger charge is -2.16. The van der Waals surface area contributed by atoms with Crippen molar-refractivity contribution in [3.8, 4) is 0 Å². The van der Waals surface area contributed by atoms with E-state index < -0.39 is 29.3 Å². The van der Waals surface area contributed by atoms with Crippen LogP contribution in [0.5, 0.6) is 0 Å². The van der Waals surface area contributed by atoms with Gasteiger partial charge in [0.2, 0.25) is 11.8 Å². The number of hydrogen-bond donors (Lipinski definition) is 2. The smallest absolute Gasteiger partial charge is 0.311 e. The number of carbonyl (C=O) groups excluding carboxylic acids is 4. The van der Waals surface area contributed by atoms with Gasteiger partial charge in [-0.1, -0.05) is 6.07 Å². The van der Waals surface area contributed by atoms with Gasteiger partial charge >= 0.3 is 5.97 Å². The Morgan fingerprint density at radius 3 is 2.36 bits per heavy atom. The molecule has 1 atom stereocenters. The van der Waals surface area contributed by atoms with E-state index in [2.05, 4.69) is 10.6 Å². The summed E-state index contributed by atoms with van der Waals surface area (Å²) >= 11 is 0. The Morgan fingerprint density at radius 1 is 1.12 bits per heavy atom. The number of rotatable bonds is 7. The second-order valence-corrected chi connectivity index (χ2v) is 7.55. The van der Waals surface area contributed by atoms with Crippen LogP contribution < -0.4 is 15.5 Å². The van der Waals surface area contributed by atoms with Gasteiger partial charge in [0.05, 0.1) is 16.5 Å². The third kappa shape index (κ3) is 5.91. The summed E-state index contributed by atoms with van der Waals surface area (Å²) < 4.78 is 5.05. The molecule has 3 rings (SSSR count). The standard InChI is InChI=1S/C22H22N4O7/c1-13-3-8-18(10-19(13)26(31)32)25-11-15(9-21(25)29)22(30)33-12-20(28)24-17-6-4-16(5-7-17)23-14(2)27/h3-8,10,15H,9,11-12H2,1-2H3,(H,23,27)(H,24,28)/t15-/m1/s1. The van der Waals surface area contributed by atoms with Crippen LogP contribution in [0.15, 0.2) is 42.5 Å². The molecule has 0 radical (unpaired) electrons. The molecule has 1 fully saturated rings. The van der Waals surface area contributed by atoms with Crippen LogP contribution in [0.25, 0.3) is 0 Å². The van der Waals surface area contributed by atoms with Crippen LogP contribution in [-0.4, -0.2) is 41.8 Å². The van der Waals surface area contributed by atoms with E-state index in [9.17, 15) is 29.3 Å². The van der Waals surface area contributed by atoms with Crippen molar-refractivity contribution < 1.29 is 28.8 Å². The molecule has 2 aromatic rings. The van der Waals surface area contributed by atoms with E-state index in [1.165, 1.54) is 17.9 Å². The van der Waals surface area contributed by atoms with Gasteiger partial charge in [0.25, 0.3) is 11.6 Å². The molecule has 0 saturated carbocycles. The van der Waals surface area contributed by atoms with Crippen LogP contribution in [0.4, 0.5) is 22.7 Å². The zero-order chi connectivity index (χ0) is 24.1. The number of nitrogens with one attached hydrogen (secondary N) is 2. The van der Waals surface area contributed by atoms with Gasteiger partial charge in [0.15, 0.2) is 6.61 Å². The molecule has 0 unspecified atom stereocenters. The van der Waals surface area contributed by atoms with Gasteiger partial charge in [0.1, 0.15) is 0 Å². The molecule has 172 valence electrons. The van der Waals surface area contributed by atoms with Crippen molar-refractivity contribution >= 4 is 46.4 Å². The monoisotopic (exact) mass is 454 g/mol. The number of carbonyl (C=O) groups is 4. The van der Waals surface area contributed by atoms with E-state index in [1.54, 1.807) is 43.3 Å². The van der Waals surface area contributed by atoms with E-state index in [0.29, 0.717) is 22.6 Å². The van der Waals surface area contributed by atoms with Crippen molar-refractivity contribution in [1.82, 2.24) is 0 Å². The minimum atomic E-state index is -0.789. The van der Waals surface area contributed by atoms with Gasteiger partial charge in [0, 0.05) is 42.9 Å². The third-order valence-corrected chi connectivity index (χ3v) is 4.99. The highest BCUT2D eigenvalue weighted by atomic mass is 16.6. The first-order valence-electron chi connectivity index (χ1n) is 10.0. The number of nitro groups is 1. The van der Waals surface area contributed by atoms with E-state index in [1.807, 2.05) is 0 Å². The van der Waals surface area contributed by atoms with Gasteiger partial charge in [-0.3, -0.25) is 29.3 Å². The maximum Gasteiger partial charge on any atom is 0.311 e. The number of ether oxygens (including phenoxy) is 1.